The van der Waals surface area contributed by atoms with Crippen molar-refractivity contribution in [1.29, 1.82) is 0 Å². The van der Waals surface area contributed by atoms with Crippen LogP contribution in [0.3, 0.4) is 0 Å². The van der Waals surface area contributed by atoms with Crippen LogP contribution in [0.25, 0.3) is 61.1 Å². The van der Waals surface area contributed by atoms with Crippen LogP contribution in [-0.4, -0.2) is 32.5 Å². The first-order chi connectivity index (χ1) is 24.0. The molecule has 0 fully saturated rings. The maximum Gasteiger partial charge on any atom is 0.166 e. The summed E-state index contributed by atoms with van der Waals surface area (Å²) in [6.45, 7) is 13.4. The fourth-order valence-electron chi connectivity index (χ4n) is 7.19. The number of imidazole rings is 1. The summed E-state index contributed by atoms with van der Waals surface area (Å²) in [5.41, 5.74) is 11.8. The van der Waals surface area contributed by atoms with Gasteiger partial charge in [0.1, 0.15) is 17.1 Å². The number of rotatable bonds is 5. The molecule has 1 N–H and O–H groups in total. The van der Waals surface area contributed by atoms with Crippen LogP contribution in [-0.2, 0) is 26.5 Å². The third-order valence-corrected chi connectivity index (χ3v) is 13.4. The first kappa shape index (κ1) is 34.5. The van der Waals surface area contributed by atoms with Crippen molar-refractivity contribution >= 4 is 46.2 Å². The molecule has 0 radical (unpaired) electrons. The van der Waals surface area contributed by atoms with E-state index in [2.05, 4.69) is 129 Å². The van der Waals surface area contributed by atoms with Gasteiger partial charge in [0.15, 0.2) is 5.65 Å². The van der Waals surface area contributed by atoms with E-state index in [9.17, 15) is 5.11 Å². The van der Waals surface area contributed by atoms with E-state index in [0.717, 1.165) is 77.3 Å². The van der Waals surface area contributed by atoms with E-state index in [4.69, 9.17) is 15.0 Å². The van der Waals surface area contributed by atoms with Gasteiger partial charge >= 0.3 is 0 Å². The number of phenolic OH excluding ortho intramolecular Hbond substituents is 1. The van der Waals surface area contributed by atoms with E-state index in [0.29, 0.717) is 5.75 Å². The molecule has 3 heterocycles. The van der Waals surface area contributed by atoms with Crippen molar-refractivity contribution in [3.8, 4) is 39.1 Å². The van der Waals surface area contributed by atoms with Crippen molar-refractivity contribution in [2.24, 2.45) is 0 Å². The quantitative estimate of drug-likeness (QED) is 0.139. The third-order valence-electron chi connectivity index (χ3n) is 9.99. The number of benzene rings is 5. The Morgan fingerprint density at radius 3 is 2.14 bits per heavy atom. The van der Waals surface area contributed by atoms with Gasteiger partial charge in [-0.2, -0.15) is 0 Å². The molecule has 256 valence electrons. The summed E-state index contributed by atoms with van der Waals surface area (Å²) in [7, 11) is -2.38. The van der Waals surface area contributed by atoms with Gasteiger partial charge in [0.05, 0.1) is 24.6 Å². The second kappa shape index (κ2) is 13.0. The molecule has 0 spiro atoms. The van der Waals surface area contributed by atoms with Crippen molar-refractivity contribution in [3.63, 3.8) is 0 Å². The van der Waals surface area contributed by atoms with Gasteiger partial charge in [-0.25, -0.2) is 9.97 Å². The topological polar surface area (TPSA) is 63.3 Å². The Balaban J connectivity index is 0.00000406. The van der Waals surface area contributed by atoms with Crippen LogP contribution in [0.15, 0.2) is 121 Å². The zero-order chi connectivity index (χ0) is 34.8. The van der Waals surface area contributed by atoms with E-state index >= 15 is 0 Å². The number of pyridine rings is 1. The standard InChI is InChI=1S/C44H39N4OSi.Pt/c1-28-46-37-19-14-24-45-41(37)43-47-40-34(22-23-36(42(40)48(28)43)35-18-11-10-17-33(35)29-15-8-7-9-16-29)30-25-31(44(2,3)4)27-32(26-30)50(5,6)39-21-13-12-20-38(39)49;/h7-25,27,49H,1-6H3;/q-1;. The van der Waals surface area contributed by atoms with Crippen LogP contribution in [0, 0.1) is 13.0 Å². The Bertz CT molecular complexity index is 2590. The maximum atomic E-state index is 11.0. The van der Waals surface area contributed by atoms with Gasteiger partial charge in [-0.3, -0.25) is 9.38 Å². The van der Waals surface area contributed by atoms with Gasteiger partial charge in [-0.05, 0) is 52.4 Å². The first-order valence-corrected chi connectivity index (χ1v) is 20.1. The molecular weight excluding hydrogens is 824 g/mol. The molecule has 8 aromatic rings. The van der Waals surface area contributed by atoms with Crippen LogP contribution in [0.5, 0.6) is 5.75 Å². The zero-order valence-electron chi connectivity index (χ0n) is 29.6. The second-order valence-corrected chi connectivity index (χ2v) is 19.0. The van der Waals surface area contributed by atoms with Crippen molar-refractivity contribution in [3.05, 3.63) is 139 Å². The van der Waals surface area contributed by atoms with Gasteiger partial charge in [0, 0.05) is 32.8 Å². The molecule has 3 aromatic heterocycles. The summed E-state index contributed by atoms with van der Waals surface area (Å²) in [4.78, 5) is 15.2. The Hall–Kier alpha value is -4.90. The number of fused-ring (bicyclic) bond motifs is 5. The Morgan fingerprint density at radius 1 is 0.706 bits per heavy atom. The molecule has 5 nitrogen and oxygen atoms in total. The summed E-state index contributed by atoms with van der Waals surface area (Å²) in [6, 6.07) is 43.7. The molecule has 0 aliphatic carbocycles. The number of nitrogens with zero attached hydrogens (tertiary/aromatic N) is 4. The normalized spacial score (nSPS) is 12.0. The number of hydrogen-bond acceptors (Lipinski definition) is 4. The van der Waals surface area contributed by atoms with Crippen molar-refractivity contribution < 1.29 is 26.2 Å². The van der Waals surface area contributed by atoms with Gasteiger partial charge in [-0.1, -0.05) is 124 Å². The van der Waals surface area contributed by atoms with Crippen molar-refractivity contribution in [2.75, 3.05) is 0 Å². The summed E-state index contributed by atoms with van der Waals surface area (Å²) < 4.78 is 2.18. The van der Waals surface area contributed by atoms with Gasteiger partial charge in [0.25, 0.3) is 0 Å². The Labute approximate surface area is 314 Å². The summed E-state index contributed by atoms with van der Waals surface area (Å²) >= 11 is 0. The van der Waals surface area contributed by atoms with Crippen LogP contribution in [0.1, 0.15) is 32.2 Å². The van der Waals surface area contributed by atoms with Gasteiger partial charge < -0.3 is 5.11 Å². The molecule has 0 saturated heterocycles. The summed E-state index contributed by atoms with van der Waals surface area (Å²) in [6.07, 6.45) is 1.81. The number of aromatic hydroxyl groups is 1. The number of aryl methyl sites for hydroxylation is 1. The number of phenols is 1. The molecule has 0 unspecified atom stereocenters. The average Bonchev–Trinajstić information content (AvgIpc) is 3.53. The van der Waals surface area contributed by atoms with E-state index < -0.39 is 8.07 Å². The first-order valence-electron chi connectivity index (χ1n) is 17.1. The molecule has 0 atom stereocenters. The van der Waals surface area contributed by atoms with E-state index in [-0.39, 0.29) is 26.5 Å². The second-order valence-electron chi connectivity index (χ2n) is 14.7. The maximum absolute atomic E-state index is 11.0. The van der Waals surface area contributed by atoms with Crippen molar-refractivity contribution in [1.82, 2.24) is 19.4 Å². The van der Waals surface area contributed by atoms with Crippen LogP contribution >= 0.6 is 0 Å². The number of aromatic nitrogens is 4. The van der Waals surface area contributed by atoms with Gasteiger partial charge in [0.2, 0.25) is 0 Å². The molecule has 7 heteroatoms. The number of para-hydroxylation sites is 1. The summed E-state index contributed by atoms with van der Waals surface area (Å²) in [5.74, 6) is 1.19. The SMILES string of the molecule is Cc1nc2cccnc2c2nc3c(-c4[c-]c([Si](C)(C)c5ccccc5O)cc(C(C)(C)C)c4)ccc(-c4ccccc4-c4ccccc4)c3n12.[Pt]. The minimum absolute atomic E-state index is 0. The fourth-order valence-corrected chi connectivity index (χ4v) is 9.68. The molecular formula is C44H39N4OPtSi-. The van der Waals surface area contributed by atoms with Crippen molar-refractivity contribution in [2.45, 2.75) is 46.2 Å². The van der Waals surface area contributed by atoms with Gasteiger partial charge in [-0.15, -0.1) is 34.5 Å². The molecule has 51 heavy (non-hydrogen) atoms. The zero-order valence-corrected chi connectivity index (χ0v) is 32.9. The average molecular weight is 863 g/mol. The van der Waals surface area contributed by atoms with E-state index in [1.165, 1.54) is 5.56 Å². The molecule has 0 aliphatic heterocycles. The monoisotopic (exact) mass is 862 g/mol. The third kappa shape index (κ3) is 5.90. The Morgan fingerprint density at radius 2 is 1.39 bits per heavy atom. The van der Waals surface area contributed by atoms with E-state index in [1.807, 2.05) is 37.4 Å². The van der Waals surface area contributed by atoms with Crippen LogP contribution in [0.2, 0.25) is 13.1 Å². The molecule has 0 bridgehead atoms. The minimum atomic E-state index is -2.38. The van der Waals surface area contributed by atoms with E-state index in [1.54, 1.807) is 6.07 Å². The van der Waals surface area contributed by atoms with Crippen LogP contribution < -0.4 is 10.4 Å². The predicted molar refractivity (Wildman–Crippen MR) is 209 cm³/mol. The van der Waals surface area contributed by atoms with Crippen LogP contribution in [0.4, 0.5) is 0 Å². The Kier molecular flexibility index (Phi) is 8.81. The summed E-state index contributed by atoms with van der Waals surface area (Å²) in [5, 5.41) is 13.1. The largest absolute Gasteiger partial charge is 0.508 e. The molecule has 0 amide bonds. The smallest absolute Gasteiger partial charge is 0.166 e. The molecule has 8 rings (SSSR count). The molecule has 0 aliphatic rings. The predicted octanol–water partition coefficient (Wildman–Crippen LogP) is 9.36. The fraction of sp³-hybridized carbons (Fsp3) is 0.159. The minimum Gasteiger partial charge on any atom is -0.508 e. The molecule has 0 saturated carbocycles. The molecule has 5 aromatic carbocycles. The number of hydrogen-bond donors (Lipinski definition) is 1.